The molecule has 0 unspecified atom stereocenters. The van der Waals surface area contributed by atoms with Gasteiger partial charge < -0.3 is 5.11 Å². The monoisotopic (exact) mass is 256 g/mol. The SMILES string of the molecule is O=C(O)c1ccc(F)cc1-c1nsc(S)n1. The molecule has 2 aromatic rings. The normalized spacial score (nSPS) is 10.4. The third kappa shape index (κ3) is 2.05. The van der Waals surface area contributed by atoms with Gasteiger partial charge >= 0.3 is 5.97 Å². The van der Waals surface area contributed by atoms with Crippen LogP contribution in [0.3, 0.4) is 0 Å². The van der Waals surface area contributed by atoms with Crippen molar-refractivity contribution in [3.8, 4) is 11.4 Å². The summed E-state index contributed by atoms with van der Waals surface area (Å²) in [5.41, 5.74) is 0.122. The van der Waals surface area contributed by atoms with E-state index in [1.54, 1.807) is 0 Å². The molecule has 0 amide bonds. The topological polar surface area (TPSA) is 63.1 Å². The van der Waals surface area contributed by atoms with Crippen LogP contribution in [0.4, 0.5) is 4.39 Å². The van der Waals surface area contributed by atoms with Gasteiger partial charge in [0.15, 0.2) is 10.2 Å². The smallest absolute Gasteiger partial charge is 0.336 e. The fourth-order valence-corrected chi connectivity index (χ4v) is 1.86. The number of nitrogens with zero attached hydrogens (tertiary/aromatic N) is 2. The molecular formula is C9H5FN2O2S2. The lowest BCUT2D eigenvalue weighted by Crippen LogP contribution is -2.00. The lowest BCUT2D eigenvalue weighted by molar-refractivity contribution is 0.0697. The van der Waals surface area contributed by atoms with Crippen LogP contribution in [0.1, 0.15) is 10.4 Å². The first kappa shape index (κ1) is 11.0. The highest BCUT2D eigenvalue weighted by molar-refractivity contribution is 7.82. The molecule has 0 spiro atoms. The van der Waals surface area contributed by atoms with E-state index in [1.165, 1.54) is 6.07 Å². The van der Waals surface area contributed by atoms with Crippen molar-refractivity contribution < 1.29 is 14.3 Å². The summed E-state index contributed by atoms with van der Waals surface area (Å²) in [7, 11) is 0. The first-order valence-corrected chi connectivity index (χ1v) is 5.36. The maximum atomic E-state index is 13.0. The van der Waals surface area contributed by atoms with Gasteiger partial charge in [0.1, 0.15) is 5.82 Å². The number of rotatable bonds is 2. The number of benzene rings is 1. The van der Waals surface area contributed by atoms with E-state index in [-0.39, 0.29) is 17.0 Å². The van der Waals surface area contributed by atoms with Gasteiger partial charge in [-0.3, -0.25) is 0 Å². The molecular weight excluding hydrogens is 251 g/mol. The third-order valence-corrected chi connectivity index (χ3v) is 2.73. The molecule has 0 bridgehead atoms. The molecule has 0 aliphatic carbocycles. The average Bonchev–Trinajstić information content (AvgIpc) is 2.64. The van der Waals surface area contributed by atoms with Crippen LogP contribution in [0.25, 0.3) is 11.4 Å². The van der Waals surface area contributed by atoms with Crippen molar-refractivity contribution in [2.24, 2.45) is 0 Å². The Morgan fingerprint density at radius 1 is 1.50 bits per heavy atom. The summed E-state index contributed by atoms with van der Waals surface area (Å²) in [4.78, 5) is 14.8. The Bertz CT molecular complexity index is 556. The van der Waals surface area contributed by atoms with E-state index < -0.39 is 11.8 Å². The number of halogens is 1. The number of aromatic carboxylic acids is 1. The van der Waals surface area contributed by atoms with E-state index in [2.05, 4.69) is 22.0 Å². The van der Waals surface area contributed by atoms with Gasteiger partial charge in [0.05, 0.1) is 5.56 Å². The number of carboxylic acid groups (broad SMARTS) is 1. The summed E-state index contributed by atoms with van der Waals surface area (Å²) < 4.78 is 17.3. The van der Waals surface area contributed by atoms with E-state index in [0.29, 0.717) is 4.34 Å². The lowest BCUT2D eigenvalue weighted by atomic mass is 10.1. The molecule has 16 heavy (non-hydrogen) atoms. The van der Waals surface area contributed by atoms with Crippen molar-refractivity contribution in [2.45, 2.75) is 4.34 Å². The first-order valence-electron chi connectivity index (χ1n) is 4.14. The zero-order valence-corrected chi connectivity index (χ0v) is 9.43. The molecule has 0 saturated carbocycles. The van der Waals surface area contributed by atoms with Gasteiger partial charge in [-0.15, -0.1) is 12.6 Å². The summed E-state index contributed by atoms with van der Waals surface area (Å²) in [6.07, 6.45) is 0. The standard InChI is InChI=1S/C9H5FN2O2S2/c10-4-1-2-5(8(13)14)6(3-4)7-11-9(15)16-12-7/h1-3H,(H,13,14)(H,11,12,15). The van der Waals surface area contributed by atoms with Gasteiger partial charge in [-0.05, 0) is 29.7 Å². The Balaban J connectivity index is 2.62. The molecule has 0 saturated heterocycles. The third-order valence-electron chi connectivity index (χ3n) is 1.87. The molecule has 1 heterocycles. The van der Waals surface area contributed by atoms with Crippen molar-refractivity contribution >= 4 is 30.1 Å². The van der Waals surface area contributed by atoms with Crippen molar-refractivity contribution in [2.75, 3.05) is 0 Å². The summed E-state index contributed by atoms with van der Waals surface area (Å²) >= 11 is 4.98. The van der Waals surface area contributed by atoms with Crippen LogP contribution >= 0.6 is 24.2 Å². The maximum absolute atomic E-state index is 13.0. The molecule has 7 heteroatoms. The molecule has 1 aromatic heterocycles. The van der Waals surface area contributed by atoms with Gasteiger partial charge in [0.25, 0.3) is 0 Å². The van der Waals surface area contributed by atoms with Gasteiger partial charge in [0.2, 0.25) is 0 Å². The highest BCUT2D eigenvalue weighted by Crippen LogP contribution is 2.24. The van der Waals surface area contributed by atoms with Crippen LogP contribution in [0.2, 0.25) is 0 Å². The van der Waals surface area contributed by atoms with E-state index in [0.717, 1.165) is 23.7 Å². The number of hydrogen-bond acceptors (Lipinski definition) is 5. The second-order valence-corrected chi connectivity index (χ2v) is 4.37. The van der Waals surface area contributed by atoms with Gasteiger partial charge in [-0.2, -0.15) is 4.37 Å². The number of carbonyl (C=O) groups is 1. The summed E-state index contributed by atoms with van der Waals surface area (Å²) in [5, 5.41) is 8.93. The van der Waals surface area contributed by atoms with Crippen LogP contribution in [-0.4, -0.2) is 20.4 Å². The van der Waals surface area contributed by atoms with Crippen molar-refractivity contribution in [1.29, 1.82) is 0 Å². The van der Waals surface area contributed by atoms with E-state index in [4.69, 9.17) is 5.11 Å². The molecule has 1 aromatic carbocycles. The van der Waals surface area contributed by atoms with Crippen molar-refractivity contribution in [3.05, 3.63) is 29.6 Å². The van der Waals surface area contributed by atoms with Crippen molar-refractivity contribution in [1.82, 2.24) is 9.36 Å². The Hall–Kier alpha value is -1.47. The molecule has 0 aliphatic rings. The summed E-state index contributed by atoms with van der Waals surface area (Å²) in [5.74, 6) is -1.51. The second-order valence-electron chi connectivity index (χ2n) is 2.90. The Labute approximate surface area is 99.4 Å². The largest absolute Gasteiger partial charge is 0.478 e. The zero-order valence-electron chi connectivity index (χ0n) is 7.72. The van der Waals surface area contributed by atoms with Crippen LogP contribution in [-0.2, 0) is 0 Å². The minimum atomic E-state index is -1.15. The molecule has 0 aliphatic heterocycles. The highest BCUT2D eigenvalue weighted by Gasteiger charge is 2.15. The second kappa shape index (κ2) is 4.18. The molecule has 82 valence electrons. The molecule has 0 radical (unpaired) electrons. The van der Waals surface area contributed by atoms with Gasteiger partial charge in [-0.25, -0.2) is 14.2 Å². The fourth-order valence-electron chi connectivity index (χ4n) is 1.21. The molecule has 4 nitrogen and oxygen atoms in total. The summed E-state index contributed by atoms with van der Waals surface area (Å²) in [6, 6.07) is 3.37. The Morgan fingerprint density at radius 2 is 2.25 bits per heavy atom. The summed E-state index contributed by atoms with van der Waals surface area (Å²) in [6.45, 7) is 0. The Kier molecular flexibility index (Phi) is 2.88. The molecule has 2 rings (SSSR count). The molecule has 0 fully saturated rings. The quantitative estimate of drug-likeness (QED) is 0.809. The number of aromatic nitrogens is 2. The number of thiol groups is 1. The maximum Gasteiger partial charge on any atom is 0.336 e. The fraction of sp³-hybridized carbons (Fsp3) is 0. The van der Waals surface area contributed by atoms with E-state index in [9.17, 15) is 9.18 Å². The van der Waals surface area contributed by atoms with Crippen molar-refractivity contribution in [3.63, 3.8) is 0 Å². The first-order chi connectivity index (χ1) is 7.58. The molecule has 0 atom stereocenters. The molecule has 1 N–H and O–H groups in total. The van der Waals surface area contributed by atoms with Crippen LogP contribution < -0.4 is 0 Å². The minimum Gasteiger partial charge on any atom is -0.478 e. The predicted molar refractivity (Wildman–Crippen MR) is 59.5 cm³/mol. The Morgan fingerprint density at radius 3 is 2.81 bits per heavy atom. The lowest BCUT2D eigenvalue weighted by Gasteiger charge is -2.01. The average molecular weight is 256 g/mol. The number of hydrogen-bond donors (Lipinski definition) is 2. The zero-order chi connectivity index (χ0) is 11.7. The van der Waals surface area contributed by atoms with Gasteiger partial charge in [-0.1, -0.05) is 0 Å². The highest BCUT2D eigenvalue weighted by atomic mass is 32.2. The van der Waals surface area contributed by atoms with Crippen LogP contribution in [0.15, 0.2) is 22.5 Å². The minimum absolute atomic E-state index is 0.0347. The number of carboxylic acids is 1. The predicted octanol–water partition coefficient (Wildman–Crippen LogP) is 2.33. The van der Waals surface area contributed by atoms with Crippen LogP contribution in [0, 0.1) is 5.82 Å². The van der Waals surface area contributed by atoms with Crippen LogP contribution in [0.5, 0.6) is 0 Å². The van der Waals surface area contributed by atoms with E-state index in [1.807, 2.05) is 0 Å². The van der Waals surface area contributed by atoms with Gasteiger partial charge in [0, 0.05) is 5.56 Å². The van der Waals surface area contributed by atoms with E-state index >= 15 is 0 Å².